The maximum absolute atomic E-state index is 13.9. The van der Waals surface area contributed by atoms with E-state index in [9.17, 15) is 23.6 Å². The number of nitrogens with zero attached hydrogens (tertiary/aromatic N) is 2. The van der Waals surface area contributed by atoms with Crippen LogP contribution >= 0.6 is 39.0 Å². The van der Waals surface area contributed by atoms with Crippen LogP contribution in [0.5, 0.6) is 0 Å². The SMILES string of the molecule is Cc1ccc(N2C(=O)C3Sc4c(sc(=O)n4CC(=O)Nc4ccc(F)cc4)C(c4ccc(Br)cc4)C3C2=O)cc1. The van der Waals surface area contributed by atoms with Crippen LogP contribution in [-0.2, 0) is 20.9 Å². The van der Waals surface area contributed by atoms with Crippen LogP contribution in [0, 0.1) is 18.7 Å². The fourth-order valence-corrected chi connectivity index (χ4v) is 8.15. The van der Waals surface area contributed by atoms with Crippen LogP contribution < -0.4 is 15.1 Å². The van der Waals surface area contributed by atoms with Crippen molar-refractivity contribution in [1.82, 2.24) is 4.57 Å². The molecule has 11 heteroatoms. The summed E-state index contributed by atoms with van der Waals surface area (Å²) >= 11 is 5.60. The lowest BCUT2D eigenvalue weighted by atomic mass is 9.83. The first-order valence-corrected chi connectivity index (χ1v) is 14.9. The highest BCUT2D eigenvalue weighted by Gasteiger charge is 2.56. The van der Waals surface area contributed by atoms with Gasteiger partial charge in [-0.25, -0.2) is 9.29 Å². The van der Waals surface area contributed by atoms with E-state index in [-0.39, 0.29) is 23.2 Å². The van der Waals surface area contributed by atoms with E-state index in [1.165, 1.54) is 33.7 Å². The number of benzene rings is 3. The van der Waals surface area contributed by atoms with Gasteiger partial charge >= 0.3 is 4.87 Å². The summed E-state index contributed by atoms with van der Waals surface area (Å²) in [5.41, 5.74) is 2.71. The number of hydrogen-bond donors (Lipinski definition) is 1. The van der Waals surface area contributed by atoms with Crippen LogP contribution in [-0.4, -0.2) is 27.5 Å². The number of rotatable bonds is 5. The second kappa shape index (κ2) is 10.5. The highest BCUT2D eigenvalue weighted by atomic mass is 79.9. The van der Waals surface area contributed by atoms with Crippen LogP contribution in [0.3, 0.4) is 0 Å². The zero-order valence-electron chi connectivity index (χ0n) is 21.0. The van der Waals surface area contributed by atoms with Crippen molar-refractivity contribution in [2.45, 2.75) is 29.7 Å². The Morgan fingerprint density at radius 3 is 2.30 bits per heavy atom. The zero-order valence-corrected chi connectivity index (χ0v) is 24.2. The second-order valence-corrected chi connectivity index (χ2v) is 12.7. The number of thioether (sulfide) groups is 1. The summed E-state index contributed by atoms with van der Waals surface area (Å²) in [5.74, 6) is -2.81. The first-order chi connectivity index (χ1) is 19.2. The third-order valence-corrected chi connectivity index (χ3v) is 10.1. The van der Waals surface area contributed by atoms with E-state index in [0.29, 0.717) is 21.3 Å². The van der Waals surface area contributed by atoms with Gasteiger partial charge in [0.1, 0.15) is 17.6 Å². The predicted molar refractivity (Wildman–Crippen MR) is 156 cm³/mol. The minimum absolute atomic E-state index is 0.288. The Morgan fingerprint density at radius 2 is 1.62 bits per heavy atom. The van der Waals surface area contributed by atoms with Crippen LogP contribution in [0.4, 0.5) is 15.8 Å². The number of carbonyl (C=O) groups excluding carboxylic acids is 3. The molecule has 0 spiro atoms. The number of fused-ring (bicyclic) bond motifs is 2. The third kappa shape index (κ3) is 4.71. The van der Waals surface area contributed by atoms with E-state index < -0.39 is 28.8 Å². The molecule has 2 aliphatic heterocycles. The standard InChI is InChI=1S/C29H21BrFN3O4S2/c1-15-2-12-20(13-3-15)34-26(36)23-22(16-4-6-17(30)7-5-16)25-28(39-24(23)27(34)37)33(29(38)40-25)14-21(35)32-19-10-8-18(31)9-11-19/h2-13,22-24H,14H2,1H3,(H,32,35). The van der Waals surface area contributed by atoms with Gasteiger partial charge in [0.15, 0.2) is 0 Å². The minimum atomic E-state index is -0.768. The molecular weight excluding hydrogens is 617 g/mol. The quantitative estimate of drug-likeness (QED) is 0.290. The molecule has 7 nitrogen and oxygen atoms in total. The normalized spacial score (nSPS) is 19.9. The lowest BCUT2D eigenvalue weighted by Gasteiger charge is -2.30. The molecule has 0 radical (unpaired) electrons. The Labute approximate surface area is 245 Å². The van der Waals surface area contributed by atoms with Crippen LogP contribution in [0.15, 0.2) is 87.1 Å². The smallest absolute Gasteiger partial charge is 0.308 e. The average Bonchev–Trinajstić information content (AvgIpc) is 3.37. The Bertz CT molecular complexity index is 1700. The number of halogens is 2. The Morgan fingerprint density at radius 1 is 0.950 bits per heavy atom. The van der Waals surface area contributed by atoms with Gasteiger partial charge in [0.05, 0.1) is 16.6 Å². The third-order valence-electron chi connectivity index (χ3n) is 7.00. The topological polar surface area (TPSA) is 88.5 Å². The number of amides is 3. The average molecular weight is 639 g/mol. The van der Waals surface area contributed by atoms with E-state index in [1.54, 1.807) is 12.1 Å². The van der Waals surface area contributed by atoms with Gasteiger partial charge in [-0.2, -0.15) is 0 Å². The molecule has 1 N–H and O–H groups in total. The molecule has 3 atom stereocenters. The Balaban J connectivity index is 1.40. The van der Waals surface area contributed by atoms with Gasteiger partial charge in [-0.1, -0.05) is 68.9 Å². The van der Waals surface area contributed by atoms with Gasteiger partial charge in [-0.3, -0.25) is 23.7 Å². The monoisotopic (exact) mass is 637 g/mol. The fourth-order valence-electron chi connectivity index (χ4n) is 5.11. The van der Waals surface area contributed by atoms with Crippen LogP contribution in [0.1, 0.15) is 21.9 Å². The zero-order chi connectivity index (χ0) is 28.1. The molecule has 3 amide bonds. The molecule has 40 heavy (non-hydrogen) atoms. The van der Waals surface area contributed by atoms with Crippen molar-refractivity contribution in [3.05, 3.63) is 109 Å². The largest absolute Gasteiger partial charge is 0.325 e. The molecule has 3 aromatic carbocycles. The molecule has 1 fully saturated rings. The molecule has 0 saturated carbocycles. The molecule has 4 aromatic rings. The summed E-state index contributed by atoms with van der Waals surface area (Å²) in [6, 6.07) is 20.0. The summed E-state index contributed by atoms with van der Waals surface area (Å²) in [7, 11) is 0. The summed E-state index contributed by atoms with van der Waals surface area (Å²) in [6.07, 6.45) is 0. The summed E-state index contributed by atoms with van der Waals surface area (Å²) in [6.45, 7) is 1.64. The Hall–Kier alpha value is -3.54. The number of hydrogen-bond acceptors (Lipinski definition) is 6. The molecular formula is C29H21BrFN3O4S2. The molecule has 0 aliphatic carbocycles. The number of aryl methyl sites for hydroxylation is 1. The first-order valence-electron chi connectivity index (χ1n) is 12.4. The second-order valence-electron chi connectivity index (χ2n) is 9.62. The van der Waals surface area contributed by atoms with Gasteiger partial charge in [0, 0.05) is 21.0 Å². The maximum atomic E-state index is 13.9. The van der Waals surface area contributed by atoms with Crippen LogP contribution in [0.2, 0.25) is 0 Å². The van der Waals surface area contributed by atoms with E-state index in [2.05, 4.69) is 21.2 Å². The van der Waals surface area contributed by atoms with Crippen molar-refractivity contribution >= 4 is 68.1 Å². The summed E-state index contributed by atoms with van der Waals surface area (Å²) < 4.78 is 15.5. The molecule has 2 aliphatic rings. The van der Waals surface area contributed by atoms with Gasteiger partial charge in [0.2, 0.25) is 17.7 Å². The fraction of sp³-hybridized carbons (Fsp3) is 0.172. The number of carbonyl (C=O) groups is 3. The number of anilines is 2. The van der Waals surface area contributed by atoms with E-state index in [1.807, 2.05) is 43.3 Å². The minimum Gasteiger partial charge on any atom is -0.325 e. The molecule has 1 saturated heterocycles. The molecule has 3 heterocycles. The number of thiazole rings is 1. The van der Waals surface area contributed by atoms with Crippen molar-refractivity contribution in [1.29, 1.82) is 0 Å². The lowest BCUT2D eigenvalue weighted by molar-refractivity contribution is -0.122. The number of imide groups is 1. The van der Waals surface area contributed by atoms with Crippen molar-refractivity contribution < 1.29 is 18.8 Å². The van der Waals surface area contributed by atoms with Crippen molar-refractivity contribution in [3.8, 4) is 0 Å². The van der Waals surface area contributed by atoms with E-state index in [4.69, 9.17) is 0 Å². The van der Waals surface area contributed by atoms with E-state index in [0.717, 1.165) is 38.7 Å². The maximum Gasteiger partial charge on any atom is 0.308 e. The lowest BCUT2D eigenvalue weighted by Crippen LogP contribution is -2.33. The molecule has 1 aromatic heterocycles. The summed E-state index contributed by atoms with van der Waals surface area (Å²) in [4.78, 5) is 55.3. The van der Waals surface area contributed by atoms with Crippen molar-refractivity contribution in [2.75, 3.05) is 10.2 Å². The Kier molecular flexibility index (Phi) is 6.97. The summed E-state index contributed by atoms with van der Waals surface area (Å²) in [5, 5.41) is 2.42. The highest BCUT2D eigenvalue weighted by molar-refractivity contribution is 9.10. The number of aromatic nitrogens is 1. The van der Waals surface area contributed by atoms with Gasteiger partial charge in [0.25, 0.3) is 0 Å². The molecule has 0 bridgehead atoms. The predicted octanol–water partition coefficient (Wildman–Crippen LogP) is 5.55. The van der Waals surface area contributed by atoms with E-state index >= 15 is 0 Å². The molecule has 202 valence electrons. The van der Waals surface area contributed by atoms with Crippen LogP contribution in [0.25, 0.3) is 0 Å². The van der Waals surface area contributed by atoms with Gasteiger partial charge in [-0.15, -0.1) is 0 Å². The van der Waals surface area contributed by atoms with Gasteiger partial charge in [-0.05, 0) is 61.0 Å². The van der Waals surface area contributed by atoms with Crippen molar-refractivity contribution in [2.24, 2.45) is 5.92 Å². The number of nitrogens with one attached hydrogen (secondary N) is 1. The first kappa shape index (κ1) is 26.7. The molecule has 3 unspecified atom stereocenters. The van der Waals surface area contributed by atoms with Gasteiger partial charge < -0.3 is 5.32 Å². The molecule has 6 rings (SSSR count). The highest BCUT2D eigenvalue weighted by Crippen LogP contribution is 2.53. The van der Waals surface area contributed by atoms with Crippen molar-refractivity contribution in [3.63, 3.8) is 0 Å².